The molecule has 2 heterocycles. The summed E-state index contributed by atoms with van der Waals surface area (Å²) in [5.74, 6) is -0.427. The van der Waals surface area contributed by atoms with E-state index in [0.29, 0.717) is 5.56 Å². The predicted octanol–water partition coefficient (Wildman–Crippen LogP) is 3.60. The van der Waals surface area contributed by atoms with Crippen molar-refractivity contribution in [2.75, 3.05) is 18.0 Å². The summed E-state index contributed by atoms with van der Waals surface area (Å²) < 4.78 is 0. The number of hydrogen-bond donors (Lipinski definition) is 1. The summed E-state index contributed by atoms with van der Waals surface area (Å²) in [7, 11) is 0. The Kier molecular flexibility index (Phi) is 3.65. The highest BCUT2D eigenvalue weighted by Gasteiger charge is 2.14. The maximum absolute atomic E-state index is 11.8. The zero-order valence-electron chi connectivity index (χ0n) is 13.4. The van der Waals surface area contributed by atoms with Gasteiger partial charge in [-0.3, -0.25) is 4.79 Å². The van der Waals surface area contributed by atoms with Crippen molar-refractivity contribution in [2.45, 2.75) is 12.8 Å². The molecule has 24 heavy (non-hydrogen) atoms. The number of fused-ring (bicyclic) bond motifs is 1. The molecule has 120 valence electrons. The minimum absolute atomic E-state index is 0.427. The van der Waals surface area contributed by atoms with Crippen LogP contribution in [0, 0.1) is 0 Å². The van der Waals surface area contributed by atoms with Crippen LogP contribution in [-0.4, -0.2) is 24.0 Å². The van der Waals surface area contributed by atoms with Gasteiger partial charge in [0.15, 0.2) is 0 Å². The molecule has 4 heteroatoms. The maximum Gasteiger partial charge on any atom is 0.249 e. The lowest BCUT2D eigenvalue weighted by molar-refractivity contribution is 0.100. The van der Waals surface area contributed by atoms with Crippen molar-refractivity contribution in [1.29, 1.82) is 0 Å². The molecule has 3 aromatic rings. The van der Waals surface area contributed by atoms with Gasteiger partial charge in [-0.05, 0) is 37.1 Å². The summed E-state index contributed by atoms with van der Waals surface area (Å²) in [6, 6.07) is 17.8. The van der Waals surface area contributed by atoms with Crippen LogP contribution in [0.15, 0.2) is 54.6 Å². The summed E-state index contributed by atoms with van der Waals surface area (Å²) in [5.41, 5.74) is 9.87. The van der Waals surface area contributed by atoms with Crippen LogP contribution in [0.4, 0.5) is 5.69 Å². The van der Waals surface area contributed by atoms with Gasteiger partial charge in [-0.1, -0.05) is 30.3 Å². The first-order valence-corrected chi connectivity index (χ1v) is 8.27. The fraction of sp³-hybridized carbons (Fsp3) is 0.200. The van der Waals surface area contributed by atoms with E-state index in [2.05, 4.69) is 29.2 Å². The molecule has 0 spiro atoms. The van der Waals surface area contributed by atoms with Crippen molar-refractivity contribution in [3.63, 3.8) is 0 Å². The number of benzene rings is 2. The van der Waals surface area contributed by atoms with Gasteiger partial charge in [-0.2, -0.15) is 0 Å². The summed E-state index contributed by atoms with van der Waals surface area (Å²) in [6.45, 7) is 2.25. The average molecular weight is 317 g/mol. The molecular formula is C20H19N3O. The summed E-state index contributed by atoms with van der Waals surface area (Å²) >= 11 is 0. The smallest absolute Gasteiger partial charge is 0.249 e. The Bertz CT molecular complexity index is 896. The van der Waals surface area contributed by atoms with Crippen molar-refractivity contribution < 1.29 is 4.79 Å². The van der Waals surface area contributed by atoms with Gasteiger partial charge in [0, 0.05) is 29.7 Å². The zero-order valence-corrected chi connectivity index (χ0v) is 13.4. The number of aromatic nitrogens is 1. The molecule has 1 amide bonds. The molecule has 0 aliphatic carbocycles. The van der Waals surface area contributed by atoms with Crippen LogP contribution in [0.5, 0.6) is 0 Å². The molecule has 4 nitrogen and oxygen atoms in total. The average Bonchev–Trinajstić information content (AvgIpc) is 3.15. The molecule has 1 fully saturated rings. The van der Waals surface area contributed by atoms with E-state index >= 15 is 0 Å². The molecule has 1 aromatic heterocycles. The molecule has 1 saturated heterocycles. The number of hydrogen-bond acceptors (Lipinski definition) is 3. The molecule has 2 aromatic carbocycles. The lowest BCUT2D eigenvalue weighted by atomic mass is 10.0. The Morgan fingerprint density at radius 2 is 1.71 bits per heavy atom. The molecule has 4 rings (SSSR count). The molecule has 1 aliphatic rings. The fourth-order valence-electron chi connectivity index (χ4n) is 3.35. The number of rotatable bonds is 3. The van der Waals surface area contributed by atoms with Gasteiger partial charge in [0.2, 0.25) is 5.91 Å². The fourth-order valence-corrected chi connectivity index (χ4v) is 3.35. The van der Waals surface area contributed by atoms with Crippen molar-refractivity contribution in [3.8, 4) is 11.3 Å². The Balaban J connectivity index is 1.77. The van der Waals surface area contributed by atoms with Crippen LogP contribution in [0.25, 0.3) is 22.2 Å². The SMILES string of the molecule is NC(=O)c1cc(-c2ccc(N3CCCC3)cc2)nc2ccccc12. The summed E-state index contributed by atoms with van der Waals surface area (Å²) in [5, 5.41) is 0.794. The minimum Gasteiger partial charge on any atom is -0.372 e. The third kappa shape index (κ3) is 2.60. The zero-order chi connectivity index (χ0) is 16.5. The second kappa shape index (κ2) is 5.96. The largest absolute Gasteiger partial charge is 0.372 e. The van der Waals surface area contributed by atoms with E-state index in [1.165, 1.54) is 18.5 Å². The third-order valence-corrected chi connectivity index (χ3v) is 4.62. The van der Waals surface area contributed by atoms with Crippen molar-refractivity contribution in [1.82, 2.24) is 4.98 Å². The van der Waals surface area contributed by atoms with Gasteiger partial charge in [-0.25, -0.2) is 4.98 Å². The number of amides is 1. The van der Waals surface area contributed by atoms with E-state index < -0.39 is 5.91 Å². The van der Waals surface area contributed by atoms with Gasteiger partial charge in [-0.15, -0.1) is 0 Å². The van der Waals surface area contributed by atoms with E-state index in [-0.39, 0.29) is 0 Å². The van der Waals surface area contributed by atoms with E-state index in [4.69, 9.17) is 10.7 Å². The van der Waals surface area contributed by atoms with Crippen LogP contribution in [-0.2, 0) is 0 Å². The second-order valence-electron chi connectivity index (χ2n) is 6.18. The van der Waals surface area contributed by atoms with Crippen molar-refractivity contribution >= 4 is 22.5 Å². The molecule has 2 N–H and O–H groups in total. The Morgan fingerprint density at radius 1 is 1.00 bits per heavy atom. The minimum atomic E-state index is -0.427. The van der Waals surface area contributed by atoms with Gasteiger partial charge >= 0.3 is 0 Å². The lowest BCUT2D eigenvalue weighted by Gasteiger charge is -2.17. The maximum atomic E-state index is 11.8. The molecule has 0 saturated carbocycles. The Morgan fingerprint density at radius 3 is 2.42 bits per heavy atom. The van der Waals surface area contributed by atoms with E-state index in [9.17, 15) is 4.79 Å². The molecule has 0 radical (unpaired) electrons. The Hall–Kier alpha value is -2.88. The predicted molar refractivity (Wildman–Crippen MR) is 97.1 cm³/mol. The second-order valence-corrected chi connectivity index (χ2v) is 6.18. The lowest BCUT2D eigenvalue weighted by Crippen LogP contribution is -2.17. The van der Waals surface area contributed by atoms with Crippen LogP contribution in [0.3, 0.4) is 0 Å². The van der Waals surface area contributed by atoms with Gasteiger partial charge in [0.1, 0.15) is 0 Å². The normalized spacial score (nSPS) is 14.2. The molecule has 0 unspecified atom stereocenters. The number of anilines is 1. The number of nitrogens with zero attached hydrogens (tertiary/aromatic N) is 2. The number of para-hydroxylation sites is 1. The van der Waals surface area contributed by atoms with Crippen molar-refractivity contribution in [3.05, 3.63) is 60.2 Å². The van der Waals surface area contributed by atoms with E-state index in [1.54, 1.807) is 6.07 Å². The highest BCUT2D eigenvalue weighted by molar-refractivity contribution is 6.06. The Labute approximate surface area is 140 Å². The molecule has 0 atom stereocenters. The number of carbonyl (C=O) groups is 1. The summed E-state index contributed by atoms with van der Waals surface area (Å²) in [4.78, 5) is 18.9. The van der Waals surface area contributed by atoms with Gasteiger partial charge in [0.25, 0.3) is 0 Å². The first-order chi connectivity index (χ1) is 11.7. The highest BCUT2D eigenvalue weighted by atomic mass is 16.1. The van der Waals surface area contributed by atoms with Crippen LogP contribution in [0.1, 0.15) is 23.2 Å². The van der Waals surface area contributed by atoms with Crippen LogP contribution in [0.2, 0.25) is 0 Å². The van der Waals surface area contributed by atoms with Crippen molar-refractivity contribution in [2.24, 2.45) is 5.73 Å². The number of nitrogens with two attached hydrogens (primary N) is 1. The van der Waals surface area contributed by atoms with Crippen LogP contribution < -0.4 is 10.6 Å². The van der Waals surface area contributed by atoms with Crippen LogP contribution >= 0.6 is 0 Å². The van der Waals surface area contributed by atoms with E-state index in [1.807, 2.05) is 24.3 Å². The number of pyridine rings is 1. The molecular weight excluding hydrogens is 298 g/mol. The monoisotopic (exact) mass is 317 g/mol. The first-order valence-electron chi connectivity index (χ1n) is 8.27. The molecule has 1 aliphatic heterocycles. The van der Waals surface area contributed by atoms with Gasteiger partial charge in [0.05, 0.1) is 16.8 Å². The first kappa shape index (κ1) is 14.7. The third-order valence-electron chi connectivity index (χ3n) is 4.62. The van der Waals surface area contributed by atoms with Gasteiger partial charge < -0.3 is 10.6 Å². The standard InChI is InChI=1S/C20H19N3O/c21-20(24)17-13-19(22-18-6-2-1-5-16(17)18)14-7-9-15(10-8-14)23-11-3-4-12-23/h1-2,5-10,13H,3-4,11-12H2,(H2,21,24). The topological polar surface area (TPSA) is 59.2 Å². The molecule has 0 bridgehead atoms. The van der Waals surface area contributed by atoms with E-state index in [0.717, 1.165) is 35.2 Å². The highest BCUT2D eigenvalue weighted by Crippen LogP contribution is 2.27. The quantitative estimate of drug-likeness (QED) is 0.803. The summed E-state index contributed by atoms with van der Waals surface area (Å²) in [6.07, 6.45) is 2.52. The number of carbonyl (C=O) groups excluding carboxylic acids is 1. The number of primary amides is 1.